The Balaban J connectivity index is 1.02. The molecule has 5 heteroatoms. The number of benzene rings is 9. The molecule has 0 saturated heterocycles. The molecule has 0 bridgehead atoms. The molecule has 0 aromatic heterocycles. The zero-order valence-corrected chi connectivity index (χ0v) is 35.1. The fraction of sp³-hybridized carbons (Fsp3) is 0.0690. The van der Waals surface area contributed by atoms with E-state index < -0.39 is 0 Å². The zero-order valence-electron chi connectivity index (χ0n) is 35.1. The Bertz CT molecular complexity index is 3060. The normalized spacial score (nSPS) is 16.6. The van der Waals surface area contributed by atoms with Crippen LogP contribution in [0.1, 0.15) is 47.9 Å². The highest BCUT2D eigenvalue weighted by molar-refractivity contribution is 7.01. The molecule has 296 valence electrons. The Labute approximate surface area is 368 Å². The van der Waals surface area contributed by atoms with Crippen LogP contribution in [0.5, 0.6) is 0 Å². The first kappa shape index (κ1) is 34.9. The lowest BCUT2D eigenvalue weighted by Gasteiger charge is -2.41. The molecule has 2 unspecified atom stereocenters. The average molecular weight is 805 g/mol. The van der Waals surface area contributed by atoms with Crippen LogP contribution in [0.15, 0.2) is 200 Å². The molecule has 14 rings (SSSR count). The highest BCUT2D eigenvalue weighted by atomic mass is 15.3. The van der Waals surface area contributed by atoms with Gasteiger partial charge in [-0.05, 0) is 130 Å². The van der Waals surface area contributed by atoms with Crippen LogP contribution in [-0.2, 0) is 0 Å². The first-order chi connectivity index (χ1) is 31.1. The number of fused-ring (bicyclic) bond motifs is 5. The van der Waals surface area contributed by atoms with Gasteiger partial charge in [-0.2, -0.15) is 0 Å². The minimum Gasteiger partial charge on any atom is -0.306 e. The first-order valence-electron chi connectivity index (χ1n) is 22.3. The summed E-state index contributed by atoms with van der Waals surface area (Å²) in [5, 5.41) is 0. The van der Waals surface area contributed by atoms with Gasteiger partial charge in [0.05, 0.1) is 45.5 Å². The Morgan fingerprint density at radius 1 is 0.286 bits per heavy atom. The molecule has 0 saturated carbocycles. The van der Waals surface area contributed by atoms with E-state index in [0.717, 1.165) is 11.4 Å². The van der Waals surface area contributed by atoms with Gasteiger partial charge in [-0.1, -0.05) is 133 Å². The van der Waals surface area contributed by atoms with Crippen molar-refractivity contribution in [3.8, 4) is 11.1 Å². The lowest BCUT2D eigenvalue weighted by Crippen LogP contribution is -2.59. The number of para-hydroxylation sites is 10. The SMILES string of the molecule is CC1c2cc(N3c4ccccc4N(c4ccccc4)c4ccccc43)cc3c2B2c4c-3cc(N3c5ccccc5N(c5ccccc5)c5ccccc53)cc4C(C)c3cccc1c32. The van der Waals surface area contributed by atoms with Crippen LogP contribution < -0.4 is 36.0 Å². The molecule has 0 spiro atoms. The van der Waals surface area contributed by atoms with Crippen molar-refractivity contribution in [3.63, 3.8) is 0 Å². The van der Waals surface area contributed by atoms with Gasteiger partial charge in [0, 0.05) is 34.6 Å². The van der Waals surface area contributed by atoms with Crippen molar-refractivity contribution in [2.24, 2.45) is 0 Å². The van der Waals surface area contributed by atoms with Crippen molar-refractivity contribution in [2.45, 2.75) is 25.7 Å². The Kier molecular flexibility index (Phi) is 7.14. The fourth-order valence-electron chi connectivity index (χ4n) is 12.0. The van der Waals surface area contributed by atoms with E-state index in [1.807, 2.05) is 0 Å². The minimum absolute atomic E-state index is 0.214. The molecule has 5 aliphatic heterocycles. The zero-order chi connectivity index (χ0) is 41.5. The molecular formula is C58H41BN4. The average Bonchev–Trinajstić information content (AvgIpc) is 3.67. The molecule has 2 atom stereocenters. The molecule has 0 N–H and O–H groups in total. The molecule has 0 aliphatic carbocycles. The topological polar surface area (TPSA) is 13.0 Å². The summed E-state index contributed by atoms with van der Waals surface area (Å²) < 4.78 is 0. The van der Waals surface area contributed by atoms with Gasteiger partial charge >= 0.3 is 0 Å². The number of rotatable bonds is 4. The monoisotopic (exact) mass is 804 g/mol. The number of hydrogen-bond acceptors (Lipinski definition) is 4. The van der Waals surface area contributed by atoms with Gasteiger partial charge in [0.1, 0.15) is 0 Å². The summed E-state index contributed by atoms with van der Waals surface area (Å²) in [6, 6.07) is 74.4. The van der Waals surface area contributed by atoms with E-state index in [2.05, 4.69) is 234 Å². The highest BCUT2D eigenvalue weighted by Crippen LogP contribution is 2.57. The van der Waals surface area contributed by atoms with Crippen LogP contribution in [0.3, 0.4) is 0 Å². The summed E-state index contributed by atoms with van der Waals surface area (Å²) >= 11 is 0. The van der Waals surface area contributed by atoms with E-state index in [1.54, 1.807) is 0 Å². The summed E-state index contributed by atoms with van der Waals surface area (Å²) in [6.07, 6.45) is 0. The van der Waals surface area contributed by atoms with Crippen molar-refractivity contribution in [3.05, 3.63) is 222 Å². The number of nitrogens with zero attached hydrogens (tertiary/aromatic N) is 4. The van der Waals surface area contributed by atoms with Gasteiger partial charge in [0.15, 0.2) is 0 Å². The molecule has 4 nitrogen and oxygen atoms in total. The van der Waals surface area contributed by atoms with Crippen LogP contribution in [0.4, 0.5) is 68.2 Å². The third-order valence-corrected chi connectivity index (χ3v) is 14.6. The fourth-order valence-corrected chi connectivity index (χ4v) is 12.0. The van der Waals surface area contributed by atoms with Gasteiger partial charge in [0.25, 0.3) is 0 Å². The van der Waals surface area contributed by atoms with Crippen LogP contribution in [0.25, 0.3) is 11.1 Å². The third-order valence-electron chi connectivity index (χ3n) is 14.6. The third kappa shape index (κ3) is 4.66. The Hall–Kier alpha value is -7.76. The number of anilines is 12. The van der Waals surface area contributed by atoms with Crippen LogP contribution in [0, 0.1) is 0 Å². The van der Waals surface area contributed by atoms with E-state index in [9.17, 15) is 0 Å². The van der Waals surface area contributed by atoms with Gasteiger partial charge in [-0.15, -0.1) is 0 Å². The Morgan fingerprint density at radius 3 is 0.921 bits per heavy atom. The molecule has 0 amide bonds. The maximum absolute atomic E-state index is 2.53. The molecule has 63 heavy (non-hydrogen) atoms. The minimum atomic E-state index is 0.214. The van der Waals surface area contributed by atoms with E-state index >= 15 is 0 Å². The highest BCUT2D eigenvalue weighted by Gasteiger charge is 2.48. The van der Waals surface area contributed by atoms with Gasteiger partial charge in [-0.3, -0.25) is 0 Å². The van der Waals surface area contributed by atoms with E-state index in [0.29, 0.717) is 0 Å². The van der Waals surface area contributed by atoms with Crippen molar-refractivity contribution < 1.29 is 0 Å². The van der Waals surface area contributed by atoms with Gasteiger partial charge in [0.2, 0.25) is 6.71 Å². The molecular weight excluding hydrogens is 763 g/mol. The second kappa shape index (κ2) is 12.9. The standard InChI is InChI=1S/C58H41BN4/c1-36-42-22-17-23-43-37(2)45-33-41(63-54-30-15-11-26-50(54)61(39-20-7-4-8-21-39)51-27-12-16-31-55(51)63)35-47-46-34-40(32-44(36)57(46)59(56(42)43)58(45)47)62-52-28-13-9-24-48(52)60(38-18-5-3-6-19-38)49-25-10-14-29-53(49)62/h3-37H,1-2H3. The lowest BCUT2D eigenvalue weighted by atomic mass is 9.31. The van der Waals surface area contributed by atoms with Gasteiger partial charge in [-0.25, -0.2) is 0 Å². The van der Waals surface area contributed by atoms with Crippen LogP contribution in [-0.4, -0.2) is 6.71 Å². The summed E-state index contributed by atoms with van der Waals surface area (Å²) in [6.45, 7) is 5.09. The molecule has 9 aromatic rings. The van der Waals surface area contributed by atoms with Crippen molar-refractivity contribution in [2.75, 3.05) is 19.6 Å². The van der Waals surface area contributed by atoms with E-state index in [1.165, 1.54) is 107 Å². The summed E-state index contributed by atoms with van der Waals surface area (Å²) in [4.78, 5) is 9.88. The predicted octanol–water partition coefficient (Wildman–Crippen LogP) is 13.6. The molecule has 0 fully saturated rings. The van der Waals surface area contributed by atoms with Gasteiger partial charge < -0.3 is 19.6 Å². The quantitative estimate of drug-likeness (QED) is 0.164. The molecule has 0 radical (unpaired) electrons. The molecule has 5 aliphatic rings. The molecule has 5 heterocycles. The van der Waals surface area contributed by atoms with Crippen LogP contribution in [0.2, 0.25) is 0 Å². The van der Waals surface area contributed by atoms with Crippen molar-refractivity contribution >= 4 is 91.3 Å². The maximum Gasteiger partial charge on any atom is 0.244 e. The van der Waals surface area contributed by atoms with Crippen molar-refractivity contribution in [1.82, 2.24) is 0 Å². The lowest BCUT2D eigenvalue weighted by molar-refractivity contribution is 0.895. The number of hydrogen-bond donors (Lipinski definition) is 0. The first-order valence-corrected chi connectivity index (χ1v) is 22.3. The smallest absolute Gasteiger partial charge is 0.244 e. The largest absolute Gasteiger partial charge is 0.306 e. The second-order valence-corrected chi connectivity index (χ2v) is 17.7. The van der Waals surface area contributed by atoms with E-state index in [4.69, 9.17) is 0 Å². The Morgan fingerprint density at radius 2 is 0.587 bits per heavy atom. The molecule has 9 aromatic carbocycles. The summed E-state index contributed by atoms with van der Waals surface area (Å²) in [5.41, 5.74) is 27.1. The second-order valence-electron chi connectivity index (χ2n) is 17.7. The maximum atomic E-state index is 2.53. The van der Waals surface area contributed by atoms with E-state index in [-0.39, 0.29) is 18.5 Å². The summed E-state index contributed by atoms with van der Waals surface area (Å²) in [5.74, 6) is 0.488. The summed E-state index contributed by atoms with van der Waals surface area (Å²) in [7, 11) is 0. The van der Waals surface area contributed by atoms with Crippen molar-refractivity contribution in [1.29, 1.82) is 0 Å². The predicted molar refractivity (Wildman–Crippen MR) is 264 cm³/mol. The van der Waals surface area contributed by atoms with Crippen LogP contribution >= 0.6 is 0 Å².